The first-order chi connectivity index (χ1) is 12.0. The molecule has 25 heavy (non-hydrogen) atoms. The van der Waals surface area contributed by atoms with E-state index in [4.69, 9.17) is 9.47 Å². The van der Waals surface area contributed by atoms with Crippen LogP contribution >= 0.6 is 0 Å². The summed E-state index contributed by atoms with van der Waals surface area (Å²) in [6.07, 6.45) is 2.90. The van der Waals surface area contributed by atoms with Crippen molar-refractivity contribution < 1.29 is 19.2 Å². The maximum absolute atomic E-state index is 12.8. The number of carbonyl (C=O) groups excluding carboxylic acids is 1. The number of hydrogen-bond donors (Lipinski definition) is 1. The number of nitrogens with zero attached hydrogens (tertiary/aromatic N) is 2. The summed E-state index contributed by atoms with van der Waals surface area (Å²) >= 11 is 0. The van der Waals surface area contributed by atoms with Crippen LogP contribution in [0.4, 0.5) is 5.69 Å². The molecule has 1 aliphatic rings. The molecular formula is C17H25N3O5. The molecule has 1 N–H and O–H groups in total. The fourth-order valence-corrected chi connectivity index (χ4v) is 3.13. The average Bonchev–Trinajstić information content (AvgIpc) is 2.64. The third-order valence-electron chi connectivity index (χ3n) is 4.63. The van der Waals surface area contributed by atoms with Gasteiger partial charge in [-0.25, -0.2) is 0 Å². The van der Waals surface area contributed by atoms with Crippen molar-refractivity contribution in [3.8, 4) is 11.5 Å². The van der Waals surface area contributed by atoms with Gasteiger partial charge in [0.15, 0.2) is 11.5 Å². The van der Waals surface area contributed by atoms with E-state index in [1.807, 2.05) is 7.05 Å². The van der Waals surface area contributed by atoms with Gasteiger partial charge in [-0.15, -0.1) is 0 Å². The van der Waals surface area contributed by atoms with E-state index in [9.17, 15) is 14.9 Å². The quantitative estimate of drug-likeness (QED) is 0.597. The number of likely N-dealkylation sites (tertiary alicyclic amines) is 1. The normalized spacial score (nSPS) is 15.1. The molecule has 0 spiro atoms. The molecule has 8 nitrogen and oxygen atoms in total. The number of benzene rings is 1. The second kappa shape index (κ2) is 8.66. The summed E-state index contributed by atoms with van der Waals surface area (Å²) < 4.78 is 10.3. The summed E-state index contributed by atoms with van der Waals surface area (Å²) in [4.78, 5) is 25.3. The highest BCUT2D eigenvalue weighted by atomic mass is 16.6. The van der Waals surface area contributed by atoms with Gasteiger partial charge in [-0.05, 0) is 38.8 Å². The number of rotatable bonds is 7. The molecule has 0 atom stereocenters. The van der Waals surface area contributed by atoms with E-state index >= 15 is 0 Å². The van der Waals surface area contributed by atoms with Gasteiger partial charge in [-0.1, -0.05) is 0 Å². The van der Waals surface area contributed by atoms with E-state index in [0.717, 1.165) is 25.8 Å². The first kappa shape index (κ1) is 19.0. The van der Waals surface area contributed by atoms with Crippen LogP contribution in [0.25, 0.3) is 0 Å². The summed E-state index contributed by atoms with van der Waals surface area (Å²) in [6.45, 7) is 2.18. The van der Waals surface area contributed by atoms with Crippen molar-refractivity contribution in [2.24, 2.45) is 5.92 Å². The number of amides is 1. The zero-order valence-corrected chi connectivity index (χ0v) is 14.9. The molecule has 8 heteroatoms. The number of ether oxygens (including phenoxy) is 2. The van der Waals surface area contributed by atoms with Crippen LogP contribution in [0.5, 0.6) is 11.5 Å². The lowest BCUT2D eigenvalue weighted by Crippen LogP contribution is -2.39. The Morgan fingerprint density at radius 3 is 2.40 bits per heavy atom. The Kier molecular flexibility index (Phi) is 6.58. The van der Waals surface area contributed by atoms with Gasteiger partial charge in [0, 0.05) is 19.2 Å². The van der Waals surface area contributed by atoms with Gasteiger partial charge in [-0.2, -0.15) is 0 Å². The van der Waals surface area contributed by atoms with E-state index in [-0.39, 0.29) is 22.9 Å². The van der Waals surface area contributed by atoms with Crippen molar-refractivity contribution in [3.05, 3.63) is 27.8 Å². The fourth-order valence-electron chi connectivity index (χ4n) is 3.13. The van der Waals surface area contributed by atoms with Crippen molar-refractivity contribution in [3.63, 3.8) is 0 Å². The van der Waals surface area contributed by atoms with Crippen LogP contribution < -0.4 is 14.8 Å². The van der Waals surface area contributed by atoms with Gasteiger partial charge in [0.25, 0.3) is 11.6 Å². The van der Waals surface area contributed by atoms with Crippen LogP contribution in [0.1, 0.15) is 29.6 Å². The predicted octanol–water partition coefficient (Wildman–Crippen LogP) is 2.07. The van der Waals surface area contributed by atoms with Crippen LogP contribution in [0.3, 0.4) is 0 Å². The Hall–Kier alpha value is -2.35. The Morgan fingerprint density at radius 1 is 1.28 bits per heavy atom. The lowest BCUT2D eigenvalue weighted by Gasteiger charge is -2.32. The van der Waals surface area contributed by atoms with Gasteiger partial charge in [-0.3, -0.25) is 14.9 Å². The Labute approximate surface area is 147 Å². The van der Waals surface area contributed by atoms with Crippen molar-refractivity contribution in [1.29, 1.82) is 0 Å². The van der Waals surface area contributed by atoms with E-state index in [1.165, 1.54) is 26.4 Å². The minimum atomic E-state index is -0.561. The molecular weight excluding hydrogens is 326 g/mol. The number of nitro benzene ring substituents is 1. The van der Waals surface area contributed by atoms with Crippen LogP contribution in [0.2, 0.25) is 0 Å². The van der Waals surface area contributed by atoms with E-state index < -0.39 is 4.92 Å². The van der Waals surface area contributed by atoms with Crippen molar-refractivity contribution in [1.82, 2.24) is 10.2 Å². The van der Waals surface area contributed by atoms with Gasteiger partial charge < -0.3 is 19.7 Å². The van der Waals surface area contributed by atoms with E-state index in [1.54, 1.807) is 4.90 Å². The van der Waals surface area contributed by atoms with Crippen LogP contribution in [-0.2, 0) is 0 Å². The highest BCUT2D eigenvalue weighted by molar-refractivity contribution is 5.99. The number of hydrogen-bond acceptors (Lipinski definition) is 6. The Morgan fingerprint density at radius 2 is 1.88 bits per heavy atom. The molecule has 0 saturated carbocycles. The molecule has 0 bridgehead atoms. The van der Waals surface area contributed by atoms with Gasteiger partial charge in [0.05, 0.1) is 25.2 Å². The molecule has 1 aliphatic heterocycles. The third-order valence-corrected chi connectivity index (χ3v) is 4.63. The molecule has 1 aromatic rings. The van der Waals surface area contributed by atoms with Gasteiger partial charge in [0.2, 0.25) is 0 Å². The maximum Gasteiger partial charge on any atom is 0.286 e. The molecule has 1 fully saturated rings. The van der Waals surface area contributed by atoms with Gasteiger partial charge >= 0.3 is 0 Å². The molecule has 0 aliphatic carbocycles. The molecule has 138 valence electrons. The molecule has 1 amide bonds. The van der Waals surface area contributed by atoms with Crippen LogP contribution in [0, 0.1) is 16.0 Å². The smallest absolute Gasteiger partial charge is 0.286 e. The molecule has 0 radical (unpaired) electrons. The summed E-state index contributed by atoms with van der Waals surface area (Å²) in [5, 5.41) is 14.5. The van der Waals surface area contributed by atoms with E-state index in [0.29, 0.717) is 24.8 Å². The summed E-state index contributed by atoms with van der Waals surface area (Å²) in [5.41, 5.74) is -0.226. The molecule has 2 rings (SSSR count). The average molecular weight is 351 g/mol. The molecule has 1 heterocycles. The van der Waals surface area contributed by atoms with E-state index in [2.05, 4.69) is 5.32 Å². The highest BCUT2D eigenvalue weighted by Crippen LogP contribution is 2.35. The summed E-state index contributed by atoms with van der Waals surface area (Å²) in [7, 11) is 4.76. The first-order valence-corrected chi connectivity index (χ1v) is 8.36. The molecule has 1 aromatic carbocycles. The standard InChI is InChI=1S/C17H25N3O5/c1-18-7-4-12-5-8-19(9-6-12)17(21)13-10-15(24-2)16(25-3)11-14(13)20(22)23/h10-12,18H,4-9H2,1-3H3. The maximum atomic E-state index is 12.8. The zero-order valence-electron chi connectivity index (χ0n) is 14.9. The highest BCUT2D eigenvalue weighted by Gasteiger charge is 2.30. The van der Waals surface area contributed by atoms with Crippen LogP contribution in [0.15, 0.2) is 12.1 Å². The summed E-state index contributed by atoms with van der Waals surface area (Å²) in [6, 6.07) is 2.64. The SMILES string of the molecule is CNCCC1CCN(C(=O)c2cc(OC)c(OC)cc2[N+](=O)[O-])CC1. The third kappa shape index (κ3) is 4.39. The minimum absolute atomic E-state index is 0.0383. The van der Waals surface area contributed by atoms with Crippen molar-refractivity contribution in [2.45, 2.75) is 19.3 Å². The Balaban J connectivity index is 2.20. The molecule has 1 saturated heterocycles. The number of methoxy groups -OCH3 is 2. The fraction of sp³-hybridized carbons (Fsp3) is 0.588. The van der Waals surface area contributed by atoms with Crippen molar-refractivity contribution in [2.75, 3.05) is 40.9 Å². The van der Waals surface area contributed by atoms with Gasteiger partial charge in [0.1, 0.15) is 5.56 Å². The number of piperidine rings is 1. The predicted molar refractivity (Wildman–Crippen MR) is 93.4 cm³/mol. The first-order valence-electron chi connectivity index (χ1n) is 8.36. The summed E-state index contributed by atoms with van der Waals surface area (Å²) in [5.74, 6) is 0.786. The lowest BCUT2D eigenvalue weighted by molar-refractivity contribution is -0.385. The number of carbonyl (C=O) groups is 1. The molecule has 0 aromatic heterocycles. The number of nitrogens with one attached hydrogen (secondary N) is 1. The molecule has 0 unspecified atom stereocenters. The number of nitro groups is 1. The van der Waals surface area contributed by atoms with Crippen LogP contribution in [-0.4, -0.2) is 56.6 Å². The zero-order chi connectivity index (χ0) is 18.4. The Bertz CT molecular complexity index is 627. The monoisotopic (exact) mass is 351 g/mol. The lowest BCUT2D eigenvalue weighted by atomic mass is 9.93. The topological polar surface area (TPSA) is 93.9 Å². The van der Waals surface area contributed by atoms with Crippen molar-refractivity contribution >= 4 is 11.6 Å². The minimum Gasteiger partial charge on any atom is -0.493 e. The largest absolute Gasteiger partial charge is 0.493 e. The second-order valence-corrected chi connectivity index (χ2v) is 6.11. The second-order valence-electron chi connectivity index (χ2n) is 6.11.